The van der Waals surface area contributed by atoms with Crippen LogP contribution in [-0.4, -0.2) is 18.4 Å². The highest BCUT2D eigenvalue weighted by atomic mass is 16.2. The lowest BCUT2D eigenvalue weighted by Crippen LogP contribution is -2.30. The molecule has 0 aromatic heterocycles. The van der Waals surface area contributed by atoms with Crippen LogP contribution in [0.15, 0.2) is 42.5 Å². The number of anilines is 2. The summed E-state index contributed by atoms with van der Waals surface area (Å²) in [6, 6.07) is 14.2. The third-order valence-electron chi connectivity index (χ3n) is 5.21. The van der Waals surface area contributed by atoms with Crippen molar-refractivity contribution in [1.29, 1.82) is 0 Å². The van der Waals surface area contributed by atoms with Gasteiger partial charge < -0.3 is 10.2 Å². The molecule has 0 atom stereocenters. The van der Waals surface area contributed by atoms with Crippen molar-refractivity contribution in [3.8, 4) is 0 Å². The van der Waals surface area contributed by atoms with Crippen LogP contribution in [0.4, 0.5) is 11.4 Å². The third kappa shape index (κ3) is 3.64. The van der Waals surface area contributed by atoms with Crippen molar-refractivity contribution in [2.24, 2.45) is 5.92 Å². The summed E-state index contributed by atoms with van der Waals surface area (Å²) in [6.45, 7) is 2.82. The molecule has 1 aliphatic carbocycles. The molecule has 0 unspecified atom stereocenters. The first-order valence-electron chi connectivity index (χ1n) is 9.40. The Bertz CT molecular complexity index is 838. The van der Waals surface area contributed by atoms with Crippen molar-refractivity contribution in [3.05, 3.63) is 59.2 Å². The maximum Gasteiger partial charge on any atom is 0.230 e. The van der Waals surface area contributed by atoms with Crippen molar-refractivity contribution in [2.75, 3.05) is 16.8 Å². The summed E-state index contributed by atoms with van der Waals surface area (Å²) in [5, 5.41) is 2.99. The third-order valence-corrected chi connectivity index (χ3v) is 5.21. The number of aryl methyl sites for hydroxylation is 2. The number of fused-ring (bicyclic) bond motifs is 1. The van der Waals surface area contributed by atoms with Crippen LogP contribution >= 0.6 is 0 Å². The van der Waals surface area contributed by atoms with Gasteiger partial charge in [0.05, 0.1) is 0 Å². The highest BCUT2D eigenvalue weighted by molar-refractivity contribution is 5.99. The Morgan fingerprint density at radius 1 is 1.12 bits per heavy atom. The zero-order valence-corrected chi connectivity index (χ0v) is 15.1. The van der Waals surface area contributed by atoms with Crippen molar-refractivity contribution < 1.29 is 9.59 Å². The molecule has 0 radical (unpaired) electrons. The van der Waals surface area contributed by atoms with E-state index in [1.54, 1.807) is 0 Å². The Kier molecular flexibility index (Phi) is 4.49. The van der Waals surface area contributed by atoms with Gasteiger partial charge in [0.15, 0.2) is 0 Å². The molecule has 134 valence electrons. The number of rotatable bonds is 5. The van der Waals surface area contributed by atoms with E-state index in [-0.39, 0.29) is 17.7 Å². The maximum atomic E-state index is 12.3. The van der Waals surface area contributed by atoms with Gasteiger partial charge in [0.1, 0.15) is 0 Å². The van der Waals surface area contributed by atoms with Gasteiger partial charge in [-0.1, -0.05) is 29.8 Å². The summed E-state index contributed by atoms with van der Waals surface area (Å²) in [4.78, 5) is 26.5. The Morgan fingerprint density at radius 3 is 2.62 bits per heavy atom. The van der Waals surface area contributed by atoms with Crippen LogP contribution in [0.5, 0.6) is 0 Å². The van der Waals surface area contributed by atoms with Crippen LogP contribution in [0.25, 0.3) is 0 Å². The lowest BCUT2D eigenvalue weighted by Gasteiger charge is -2.17. The zero-order valence-electron chi connectivity index (χ0n) is 15.1. The minimum Gasteiger partial charge on any atom is -0.326 e. The molecule has 1 heterocycles. The summed E-state index contributed by atoms with van der Waals surface area (Å²) >= 11 is 0. The molecule has 1 fully saturated rings. The zero-order chi connectivity index (χ0) is 18.1. The number of carbonyl (C=O) groups is 2. The van der Waals surface area contributed by atoms with Gasteiger partial charge in [0, 0.05) is 30.3 Å². The van der Waals surface area contributed by atoms with E-state index in [1.807, 2.05) is 23.1 Å². The van der Waals surface area contributed by atoms with E-state index < -0.39 is 0 Å². The Balaban J connectivity index is 1.36. The topological polar surface area (TPSA) is 49.4 Å². The second-order valence-electron chi connectivity index (χ2n) is 7.39. The van der Waals surface area contributed by atoms with Crippen LogP contribution in [0.1, 0.15) is 36.0 Å². The first kappa shape index (κ1) is 16.8. The minimum absolute atomic E-state index is 0.0226. The van der Waals surface area contributed by atoms with E-state index in [9.17, 15) is 9.59 Å². The summed E-state index contributed by atoms with van der Waals surface area (Å²) in [5.74, 6) is 0.523. The summed E-state index contributed by atoms with van der Waals surface area (Å²) in [5.41, 5.74) is 5.38. The Hall–Kier alpha value is -2.62. The number of nitrogens with zero attached hydrogens (tertiary/aromatic N) is 1. The molecule has 4 rings (SSSR count). The number of hydrogen-bond acceptors (Lipinski definition) is 2. The van der Waals surface area contributed by atoms with Gasteiger partial charge in [-0.25, -0.2) is 0 Å². The molecule has 2 aromatic carbocycles. The van der Waals surface area contributed by atoms with Crippen LogP contribution in [0.3, 0.4) is 0 Å². The minimum atomic E-state index is 0.0226. The molecular formula is C22H24N2O2. The summed E-state index contributed by atoms with van der Waals surface area (Å²) < 4.78 is 0. The fourth-order valence-electron chi connectivity index (χ4n) is 3.50. The molecule has 4 nitrogen and oxygen atoms in total. The van der Waals surface area contributed by atoms with Gasteiger partial charge in [-0.15, -0.1) is 0 Å². The van der Waals surface area contributed by atoms with Crippen molar-refractivity contribution in [3.63, 3.8) is 0 Å². The highest BCUT2D eigenvalue weighted by Crippen LogP contribution is 2.37. The largest absolute Gasteiger partial charge is 0.326 e. The average Bonchev–Trinajstić information content (AvgIpc) is 3.40. The molecule has 1 N–H and O–H groups in total. The van der Waals surface area contributed by atoms with Crippen molar-refractivity contribution in [1.82, 2.24) is 0 Å². The number of nitrogens with one attached hydrogen (secondary N) is 1. The maximum absolute atomic E-state index is 12.3. The summed E-state index contributed by atoms with van der Waals surface area (Å²) in [6.07, 6.45) is 4.12. The molecule has 2 amide bonds. The molecule has 0 spiro atoms. The van der Waals surface area contributed by atoms with E-state index in [0.29, 0.717) is 6.42 Å². The normalized spacial score (nSPS) is 15.7. The van der Waals surface area contributed by atoms with E-state index in [4.69, 9.17) is 0 Å². The van der Waals surface area contributed by atoms with Crippen molar-refractivity contribution >= 4 is 23.2 Å². The van der Waals surface area contributed by atoms with Crippen LogP contribution < -0.4 is 10.2 Å². The molecule has 0 bridgehead atoms. The summed E-state index contributed by atoms with van der Waals surface area (Å²) in [7, 11) is 0. The standard InChI is InChI=1S/C22H24N2O2/c1-15-2-4-16(5-3-15)6-11-21(25)23-19-9-10-20-18(14-19)12-13-24(20)22(26)17-7-8-17/h2-5,9-10,14,17H,6-8,11-13H2,1H3,(H,23,25). The fraction of sp³-hybridized carbons (Fsp3) is 0.364. The van der Waals surface area contributed by atoms with Gasteiger partial charge in [0.25, 0.3) is 0 Å². The predicted octanol–water partition coefficient (Wildman–Crippen LogP) is 3.87. The number of hydrogen-bond donors (Lipinski definition) is 1. The smallest absolute Gasteiger partial charge is 0.230 e. The molecule has 4 heteroatoms. The van der Waals surface area contributed by atoms with Crippen molar-refractivity contribution in [2.45, 2.75) is 39.0 Å². The first-order valence-corrected chi connectivity index (χ1v) is 9.40. The molecule has 0 saturated heterocycles. The number of benzene rings is 2. The number of carbonyl (C=O) groups excluding carboxylic acids is 2. The second kappa shape index (κ2) is 6.94. The van der Waals surface area contributed by atoms with E-state index in [2.05, 4.69) is 36.5 Å². The lowest BCUT2D eigenvalue weighted by molar-refractivity contribution is -0.119. The molecule has 1 aliphatic heterocycles. The Morgan fingerprint density at radius 2 is 1.88 bits per heavy atom. The van der Waals surface area contributed by atoms with E-state index >= 15 is 0 Å². The van der Waals surface area contributed by atoms with E-state index in [1.165, 1.54) is 11.1 Å². The second-order valence-corrected chi connectivity index (χ2v) is 7.39. The fourth-order valence-corrected chi connectivity index (χ4v) is 3.50. The van der Waals surface area contributed by atoms with E-state index in [0.717, 1.165) is 49.2 Å². The molecular weight excluding hydrogens is 324 g/mol. The van der Waals surface area contributed by atoms with Gasteiger partial charge >= 0.3 is 0 Å². The van der Waals surface area contributed by atoms with Crippen LogP contribution in [0.2, 0.25) is 0 Å². The monoisotopic (exact) mass is 348 g/mol. The van der Waals surface area contributed by atoms with Gasteiger partial charge in [-0.3, -0.25) is 9.59 Å². The first-order chi connectivity index (χ1) is 12.6. The molecule has 26 heavy (non-hydrogen) atoms. The van der Waals surface area contributed by atoms with Gasteiger partial charge in [0.2, 0.25) is 11.8 Å². The van der Waals surface area contributed by atoms with Crippen LogP contribution in [0, 0.1) is 12.8 Å². The van der Waals surface area contributed by atoms with Gasteiger partial charge in [-0.05, 0) is 61.9 Å². The average molecular weight is 348 g/mol. The van der Waals surface area contributed by atoms with Crippen LogP contribution in [-0.2, 0) is 22.4 Å². The molecule has 1 saturated carbocycles. The number of amides is 2. The lowest BCUT2D eigenvalue weighted by atomic mass is 10.1. The molecule has 2 aromatic rings. The molecule has 2 aliphatic rings. The highest BCUT2D eigenvalue weighted by Gasteiger charge is 2.36. The van der Waals surface area contributed by atoms with Gasteiger partial charge in [-0.2, -0.15) is 0 Å². The SMILES string of the molecule is Cc1ccc(CCC(=O)Nc2ccc3c(c2)CCN3C(=O)C2CC2)cc1. The quantitative estimate of drug-likeness (QED) is 0.892. The Labute approximate surface area is 154 Å². The predicted molar refractivity (Wildman–Crippen MR) is 103 cm³/mol.